The topological polar surface area (TPSA) is 47.6 Å². The maximum atomic E-state index is 12.4. The molecule has 22 heavy (non-hydrogen) atoms. The van der Waals surface area contributed by atoms with E-state index in [1.165, 1.54) is 0 Å². The number of carbonyl (C=O) groups excluding carboxylic acids is 1. The van der Waals surface area contributed by atoms with Gasteiger partial charge in [0, 0.05) is 16.3 Å². The van der Waals surface area contributed by atoms with Gasteiger partial charge in [-0.25, -0.2) is 0 Å². The van der Waals surface area contributed by atoms with Crippen LogP contribution in [-0.4, -0.2) is 19.6 Å². The molecular formula is C16H15ClINO3. The van der Waals surface area contributed by atoms with Crippen molar-refractivity contribution in [1.82, 2.24) is 0 Å². The van der Waals surface area contributed by atoms with Crippen LogP contribution in [0, 0.1) is 3.57 Å². The second-order valence-electron chi connectivity index (χ2n) is 4.38. The first kappa shape index (κ1) is 16.9. The van der Waals surface area contributed by atoms with E-state index in [1.54, 1.807) is 43.5 Å². The molecule has 0 fully saturated rings. The molecule has 0 aromatic heterocycles. The van der Waals surface area contributed by atoms with Crippen molar-refractivity contribution in [2.45, 2.75) is 6.92 Å². The summed E-state index contributed by atoms with van der Waals surface area (Å²) >= 11 is 7.95. The number of nitrogens with one attached hydrogen (secondary N) is 1. The van der Waals surface area contributed by atoms with E-state index in [2.05, 4.69) is 27.9 Å². The van der Waals surface area contributed by atoms with Crippen molar-refractivity contribution in [3.05, 3.63) is 50.6 Å². The molecule has 0 aliphatic heterocycles. The van der Waals surface area contributed by atoms with Crippen molar-refractivity contribution in [3.63, 3.8) is 0 Å². The van der Waals surface area contributed by atoms with E-state index in [0.717, 1.165) is 3.57 Å². The minimum Gasteiger partial charge on any atom is -0.492 e. The minimum absolute atomic E-state index is 0.219. The molecule has 2 rings (SSSR count). The van der Waals surface area contributed by atoms with Gasteiger partial charge >= 0.3 is 0 Å². The second-order valence-corrected chi connectivity index (χ2v) is 5.98. The third-order valence-corrected chi connectivity index (χ3v) is 3.93. The molecule has 0 radical (unpaired) electrons. The van der Waals surface area contributed by atoms with Gasteiger partial charge in [0.25, 0.3) is 5.91 Å². The number of hydrogen-bond donors (Lipinski definition) is 1. The molecule has 2 aromatic carbocycles. The first-order valence-corrected chi connectivity index (χ1v) is 8.08. The van der Waals surface area contributed by atoms with E-state index in [1.807, 2.05) is 6.92 Å². The number of rotatable bonds is 5. The molecule has 0 atom stereocenters. The molecule has 0 bridgehead atoms. The highest BCUT2D eigenvalue weighted by Crippen LogP contribution is 2.34. The van der Waals surface area contributed by atoms with Crippen LogP contribution in [0.5, 0.6) is 11.5 Å². The number of carbonyl (C=O) groups is 1. The van der Waals surface area contributed by atoms with Crippen molar-refractivity contribution in [2.75, 3.05) is 19.0 Å². The van der Waals surface area contributed by atoms with Gasteiger partial charge in [-0.05, 0) is 65.9 Å². The van der Waals surface area contributed by atoms with Crippen LogP contribution in [0.25, 0.3) is 0 Å². The number of ether oxygens (including phenoxy) is 2. The first-order chi connectivity index (χ1) is 10.5. The summed E-state index contributed by atoms with van der Waals surface area (Å²) in [6.45, 7) is 2.38. The summed E-state index contributed by atoms with van der Waals surface area (Å²) in [5.74, 6) is 0.965. The lowest BCUT2D eigenvalue weighted by atomic mass is 10.2. The van der Waals surface area contributed by atoms with Crippen LogP contribution in [-0.2, 0) is 0 Å². The quantitative estimate of drug-likeness (QED) is 0.704. The molecule has 4 nitrogen and oxygen atoms in total. The number of hydrogen-bond acceptors (Lipinski definition) is 3. The van der Waals surface area contributed by atoms with Crippen LogP contribution in [0.15, 0.2) is 36.4 Å². The zero-order valence-electron chi connectivity index (χ0n) is 12.2. The Hall–Kier alpha value is -1.47. The lowest BCUT2D eigenvalue weighted by Crippen LogP contribution is -2.12. The van der Waals surface area contributed by atoms with Crippen LogP contribution in [0.1, 0.15) is 17.3 Å². The van der Waals surface area contributed by atoms with Crippen molar-refractivity contribution < 1.29 is 14.3 Å². The molecule has 0 aliphatic carbocycles. The molecule has 0 spiro atoms. The summed E-state index contributed by atoms with van der Waals surface area (Å²) in [6.07, 6.45) is 0. The van der Waals surface area contributed by atoms with Crippen LogP contribution < -0.4 is 14.8 Å². The number of methoxy groups -OCH3 is 1. The third-order valence-electron chi connectivity index (χ3n) is 2.88. The van der Waals surface area contributed by atoms with E-state index in [0.29, 0.717) is 34.4 Å². The monoisotopic (exact) mass is 431 g/mol. The Labute approximate surface area is 147 Å². The Morgan fingerprint density at radius 3 is 2.55 bits per heavy atom. The molecule has 0 saturated heterocycles. The van der Waals surface area contributed by atoms with Crippen molar-refractivity contribution >= 4 is 45.8 Å². The Kier molecular flexibility index (Phi) is 5.90. The third kappa shape index (κ3) is 4.04. The fraction of sp³-hybridized carbons (Fsp3) is 0.188. The predicted molar refractivity (Wildman–Crippen MR) is 96.3 cm³/mol. The summed E-state index contributed by atoms with van der Waals surface area (Å²) in [5.41, 5.74) is 1.18. The van der Waals surface area contributed by atoms with Gasteiger partial charge in [-0.1, -0.05) is 11.6 Å². The fourth-order valence-electron chi connectivity index (χ4n) is 1.90. The van der Waals surface area contributed by atoms with Crippen molar-refractivity contribution in [1.29, 1.82) is 0 Å². The highest BCUT2D eigenvalue weighted by molar-refractivity contribution is 14.1. The molecule has 0 saturated carbocycles. The van der Waals surface area contributed by atoms with Gasteiger partial charge < -0.3 is 14.8 Å². The first-order valence-electron chi connectivity index (χ1n) is 6.62. The van der Waals surface area contributed by atoms with Gasteiger partial charge in [-0.3, -0.25) is 4.79 Å². The molecular weight excluding hydrogens is 417 g/mol. The zero-order chi connectivity index (χ0) is 16.1. The van der Waals surface area contributed by atoms with Crippen LogP contribution >= 0.6 is 34.2 Å². The van der Waals surface area contributed by atoms with Gasteiger partial charge in [0.15, 0.2) is 11.5 Å². The standard InChI is InChI=1S/C16H15ClINO3/c1-3-22-14-9-10(8-13(18)15(14)21-2)16(20)19-12-6-4-11(17)5-7-12/h4-9H,3H2,1-2H3,(H,19,20). The Morgan fingerprint density at radius 1 is 1.27 bits per heavy atom. The van der Waals surface area contributed by atoms with E-state index in [-0.39, 0.29) is 5.91 Å². The summed E-state index contributed by atoms with van der Waals surface area (Å²) < 4.78 is 11.7. The minimum atomic E-state index is -0.219. The fourth-order valence-corrected chi connectivity index (χ4v) is 2.84. The highest BCUT2D eigenvalue weighted by Gasteiger charge is 2.15. The van der Waals surface area contributed by atoms with Crippen molar-refractivity contribution in [3.8, 4) is 11.5 Å². The normalized spacial score (nSPS) is 10.2. The lowest BCUT2D eigenvalue weighted by Gasteiger charge is -2.13. The maximum Gasteiger partial charge on any atom is 0.255 e. The molecule has 6 heteroatoms. The van der Waals surface area contributed by atoms with E-state index >= 15 is 0 Å². The number of amides is 1. The smallest absolute Gasteiger partial charge is 0.255 e. The largest absolute Gasteiger partial charge is 0.492 e. The van der Waals surface area contributed by atoms with Gasteiger partial charge in [-0.15, -0.1) is 0 Å². The van der Waals surface area contributed by atoms with E-state index in [9.17, 15) is 4.79 Å². The van der Waals surface area contributed by atoms with Crippen LogP contribution in [0.4, 0.5) is 5.69 Å². The molecule has 1 N–H and O–H groups in total. The molecule has 0 aliphatic rings. The summed E-state index contributed by atoms with van der Waals surface area (Å²) in [7, 11) is 1.58. The summed E-state index contributed by atoms with van der Waals surface area (Å²) in [5, 5.41) is 3.44. The van der Waals surface area contributed by atoms with Crippen LogP contribution in [0.3, 0.4) is 0 Å². The second kappa shape index (κ2) is 7.69. The number of halogens is 2. The van der Waals surface area contributed by atoms with Gasteiger partial charge in [-0.2, -0.15) is 0 Å². The maximum absolute atomic E-state index is 12.4. The summed E-state index contributed by atoms with van der Waals surface area (Å²) in [6, 6.07) is 10.4. The van der Waals surface area contributed by atoms with E-state index < -0.39 is 0 Å². The zero-order valence-corrected chi connectivity index (χ0v) is 15.1. The Morgan fingerprint density at radius 2 is 1.95 bits per heavy atom. The molecule has 2 aromatic rings. The Bertz CT molecular complexity index is 674. The van der Waals surface area contributed by atoms with Crippen molar-refractivity contribution in [2.24, 2.45) is 0 Å². The molecule has 0 heterocycles. The number of anilines is 1. The average Bonchev–Trinajstić information content (AvgIpc) is 2.49. The molecule has 0 unspecified atom stereocenters. The highest BCUT2D eigenvalue weighted by atomic mass is 127. The number of benzene rings is 2. The SMILES string of the molecule is CCOc1cc(C(=O)Nc2ccc(Cl)cc2)cc(I)c1OC. The predicted octanol–water partition coefficient (Wildman–Crippen LogP) is 4.60. The van der Waals surface area contributed by atoms with Gasteiger partial charge in [0.1, 0.15) is 0 Å². The van der Waals surface area contributed by atoms with E-state index in [4.69, 9.17) is 21.1 Å². The molecule has 116 valence electrons. The Balaban J connectivity index is 2.27. The van der Waals surface area contributed by atoms with Gasteiger partial charge in [0.05, 0.1) is 17.3 Å². The van der Waals surface area contributed by atoms with Gasteiger partial charge in [0.2, 0.25) is 0 Å². The average molecular weight is 432 g/mol. The summed E-state index contributed by atoms with van der Waals surface area (Å²) in [4.78, 5) is 12.4. The lowest BCUT2D eigenvalue weighted by molar-refractivity contribution is 0.102. The molecule has 1 amide bonds. The van der Waals surface area contributed by atoms with Crippen LogP contribution in [0.2, 0.25) is 5.02 Å².